The molecule has 108 valence electrons. The van der Waals surface area contributed by atoms with Gasteiger partial charge in [-0.1, -0.05) is 34.4 Å². The smallest absolute Gasteiger partial charge is 0.230 e. The third-order valence-corrected chi connectivity index (χ3v) is 5.23. The van der Waals surface area contributed by atoms with Crippen molar-refractivity contribution in [3.8, 4) is 11.1 Å². The van der Waals surface area contributed by atoms with Crippen LogP contribution >= 0.6 is 23.2 Å². The lowest BCUT2D eigenvalue weighted by Crippen LogP contribution is -2.09. The standard InChI is InChI=1S/C12H12Cl2N2O3S/c1-6(20(2,17)18)11-10(12(15)19-16-11)7-3-4-8(13)9(14)5-7/h3-6H,15H2,1-2H3. The quantitative estimate of drug-likeness (QED) is 0.930. The number of benzene rings is 1. The van der Waals surface area contributed by atoms with Crippen molar-refractivity contribution in [2.24, 2.45) is 0 Å². The van der Waals surface area contributed by atoms with Crippen LogP contribution in [0.5, 0.6) is 0 Å². The molecule has 0 aliphatic carbocycles. The molecule has 0 fully saturated rings. The highest BCUT2D eigenvalue weighted by molar-refractivity contribution is 7.90. The first-order chi connectivity index (χ1) is 9.21. The number of halogens is 2. The lowest BCUT2D eigenvalue weighted by atomic mass is 10.0. The Balaban J connectivity index is 2.63. The maximum Gasteiger partial charge on any atom is 0.230 e. The summed E-state index contributed by atoms with van der Waals surface area (Å²) in [7, 11) is -3.33. The van der Waals surface area contributed by atoms with Gasteiger partial charge in [-0.05, 0) is 24.6 Å². The third kappa shape index (κ3) is 2.77. The van der Waals surface area contributed by atoms with Crippen molar-refractivity contribution in [3.63, 3.8) is 0 Å². The molecule has 0 saturated carbocycles. The lowest BCUT2D eigenvalue weighted by Gasteiger charge is -2.09. The Morgan fingerprint density at radius 1 is 1.30 bits per heavy atom. The van der Waals surface area contributed by atoms with Gasteiger partial charge in [-0.25, -0.2) is 8.42 Å². The van der Waals surface area contributed by atoms with E-state index in [1.807, 2.05) is 0 Å². The topological polar surface area (TPSA) is 86.2 Å². The molecule has 0 amide bonds. The minimum Gasteiger partial charge on any atom is -0.367 e. The van der Waals surface area contributed by atoms with Gasteiger partial charge in [0.2, 0.25) is 5.88 Å². The van der Waals surface area contributed by atoms with Crippen molar-refractivity contribution in [2.75, 3.05) is 12.0 Å². The van der Waals surface area contributed by atoms with E-state index in [9.17, 15) is 8.42 Å². The van der Waals surface area contributed by atoms with Crippen LogP contribution in [0.1, 0.15) is 17.9 Å². The fraction of sp³-hybridized carbons (Fsp3) is 0.250. The summed E-state index contributed by atoms with van der Waals surface area (Å²) < 4.78 is 28.3. The van der Waals surface area contributed by atoms with Gasteiger partial charge in [0, 0.05) is 6.26 Å². The zero-order chi connectivity index (χ0) is 15.1. The number of nitrogen functional groups attached to an aromatic ring is 1. The molecule has 8 heteroatoms. The van der Waals surface area contributed by atoms with Crippen molar-refractivity contribution >= 4 is 38.9 Å². The van der Waals surface area contributed by atoms with E-state index in [1.165, 1.54) is 6.92 Å². The normalized spacial score (nSPS) is 13.4. The van der Waals surface area contributed by atoms with Crippen LogP contribution in [-0.2, 0) is 9.84 Å². The van der Waals surface area contributed by atoms with E-state index in [1.54, 1.807) is 18.2 Å². The number of hydrogen-bond acceptors (Lipinski definition) is 5. The molecule has 0 radical (unpaired) electrons. The first-order valence-electron chi connectivity index (χ1n) is 5.61. The highest BCUT2D eigenvalue weighted by Gasteiger charge is 2.27. The summed E-state index contributed by atoms with van der Waals surface area (Å²) in [5, 5.41) is 3.64. The number of anilines is 1. The van der Waals surface area contributed by atoms with Crippen LogP contribution in [0.25, 0.3) is 11.1 Å². The fourth-order valence-corrected chi connectivity index (χ4v) is 2.60. The summed E-state index contributed by atoms with van der Waals surface area (Å²) in [6.45, 7) is 1.52. The molecule has 1 unspecified atom stereocenters. The van der Waals surface area contributed by atoms with Gasteiger partial charge in [0.15, 0.2) is 9.84 Å². The fourth-order valence-electron chi connectivity index (χ4n) is 1.74. The number of hydrogen-bond donors (Lipinski definition) is 1. The van der Waals surface area contributed by atoms with Gasteiger partial charge in [-0.15, -0.1) is 0 Å². The summed E-state index contributed by atoms with van der Waals surface area (Å²) in [6.07, 6.45) is 1.13. The Morgan fingerprint density at radius 2 is 1.95 bits per heavy atom. The van der Waals surface area contributed by atoms with Gasteiger partial charge in [-0.3, -0.25) is 0 Å². The molecule has 2 aromatic rings. The SMILES string of the molecule is CC(c1noc(N)c1-c1ccc(Cl)c(Cl)c1)S(C)(=O)=O. The number of aromatic nitrogens is 1. The van der Waals surface area contributed by atoms with E-state index in [-0.39, 0.29) is 11.6 Å². The molecule has 5 nitrogen and oxygen atoms in total. The van der Waals surface area contributed by atoms with E-state index in [0.717, 1.165) is 6.26 Å². The molecule has 0 aliphatic rings. The Labute approximate surface area is 126 Å². The molecule has 1 aromatic heterocycles. The Bertz CT molecular complexity index is 756. The molecule has 20 heavy (non-hydrogen) atoms. The first-order valence-corrected chi connectivity index (χ1v) is 8.32. The Hall–Kier alpha value is -1.24. The summed E-state index contributed by atoms with van der Waals surface area (Å²) in [4.78, 5) is 0. The average molecular weight is 335 g/mol. The number of nitrogens with zero attached hydrogens (tertiary/aromatic N) is 1. The zero-order valence-electron chi connectivity index (χ0n) is 10.7. The second kappa shape index (κ2) is 5.27. The first kappa shape index (κ1) is 15.2. The molecule has 0 spiro atoms. The van der Waals surface area contributed by atoms with Gasteiger partial charge < -0.3 is 10.3 Å². The predicted octanol–water partition coefficient (Wildman–Crippen LogP) is 3.34. The summed E-state index contributed by atoms with van der Waals surface area (Å²) in [6, 6.07) is 4.86. The Morgan fingerprint density at radius 3 is 2.50 bits per heavy atom. The molecule has 1 aromatic carbocycles. The van der Waals surface area contributed by atoms with Crippen molar-refractivity contribution in [1.82, 2.24) is 5.16 Å². The Kier molecular flexibility index (Phi) is 4.00. The maximum absolute atomic E-state index is 11.7. The number of sulfone groups is 1. The van der Waals surface area contributed by atoms with E-state index < -0.39 is 15.1 Å². The van der Waals surface area contributed by atoms with E-state index >= 15 is 0 Å². The lowest BCUT2D eigenvalue weighted by molar-refractivity contribution is 0.427. The van der Waals surface area contributed by atoms with E-state index in [4.69, 9.17) is 33.5 Å². The van der Waals surface area contributed by atoms with Crippen LogP contribution in [0, 0.1) is 0 Å². The minimum absolute atomic E-state index is 0.0360. The molecular weight excluding hydrogens is 323 g/mol. The van der Waals surface area contributed by atoms with Crippen LogP contribution in [0.4, 0.5) is 5.88 Å². The minimum atomic E-state index is -3.33. The molecule has 1 atom stereocenters. The third-order valence-electron chi connectivity index (χ3n) is 2.98. The zero-order valence-corrected chi connectivity index (χ0v) is 13.1. The van der Waals surface area contributed by atoms with Crippen molar-refractivity contribution in [1.29, 1.82) is 0 Å². The van der Waals surface area contributed by atoms with E-state index in [2.05, 4.69) is 5.16 Å². The highest BCUT2D eigenvalue weighted by atomic mass is 35.5. The second-order valence-electron chi connectivity index (χ2n) is 4.41. The van der Waals surface area contributed by atoms with Gasteiger partial charge >= 0.3 is 0 Å². The molecule has 1 heterocycles. The monoisotopic (exact) mass is 334 g/mol. The molecule has 0 bridgehead atoms. The van der Waals surface area contributed by atoms with Crippen molar-refractivity contribution in [2.45, 2.75) is 12.2 Å². The number of nitrogens with two attached hydrogens (primary N) is 1. The van der Waals surface area contributed by atoms with Gasteiger partial charge in [0.25, 0.3) is 0 Å². The van der Waals surface area contributed by atoms with Gasteiger partial charge in [0.1, 0.15) is 10.9 Å². The summed E-state index contributed by atoms with van der Waals surface area (Å²) in [5.74, 6) is 0.0360. The highest BCUT2D eigenvalue weighted by Crippen LogP contribution is 2.37. The molecule has 0 saturated heterocycles. The number of rotatable bonds is 3. The van der Waals surface area contributed by atoms with Crippen molar-refractivity contribution < 1.29 is 12.9 Å². The van der Waals surface area contributed by atoms with Crippen molar-refractivity contribution in [3.05, 3.63) is 33.9 Å². The van der Waals surface area contributed by atoms with Crippen LogP contribution < -0.4 is 5.73 Å². The maximum atomic E-state index is 11.7. The molecule has 0 aliphatic heterocycles. The van der Waals surface area contributed by atoms with Gasteiger partial charge in [0.05, 0.1) is 15.6 Å². The summed E-state index contributed by atoms with van der Waals surface area (Å²) >= 11 is 11.8. The molecular formula is C12H12Cl2N2O3S. The van der Waals surface area contributed by atoms with Crippen LogP contribution in [0.2, 0.25) is 10.0 Å². The van der Waals surface area contributed by atoms with Crippen LogP contribution in [0.3, 0.4) is 0 Å². The predicted molar refractivity (Wildman–Crippen MR) is 79.6 cm³/mol. The molecule has 2 N–H and O–H groups in total. The van der Waals surface area contributed by atoms with Crippen LogP contribution in [0.15, 0.2) is 22.7 Å². The van der Waals surface area contributed by atoms with Gasteiger partial charge in [-0.2, -0.15) is 0 Å². The molecule has 2 rings (SSSR count). The second-order valence-corrected chi connectivity index (χ2v) is 7.59. The van der Waals surface area contributed by atoms with Crippen LogP contribution in [-0.4, -0.2) is 19.8 Å². The average Bonchev–Trinajstić information content (AvgIpc) is 2.72. The summed E-state index contributed by atoms with van der Waals surface area (Å²) in [5.41, 5.74) is 7.01. The largest absolute Gasteiger partial charge is 0.367 e. The van der Waals surface area contributed by atoms with E-state index in [0.29, 0.717) is 21.2 Å².